The van der Waals surface area contributed by atoms with Crippen LogP contribution < -0.4 is 33.2 Å². The van der Waals surface area contributed by atoms with Gasteiger partial charge in [0, 0.05) is 19.3 Å². The molecular weight excluding hydrogens is 504 g/mol. The molecule has 0 aliphatic carbocycles. The molecule has 0 saturated heterocycles. The summed E-state index contributed by atoms with van der Waals surface area (Å²) < 4.78 is 0. The van der Waals surface area contributed by atoms with Crippen molar-refractivity contribution < 1.29 is 43.8 Å². The van der Waals surface area contributed by atoms with Gasteiger partial charge in [0.1, 0.15) is 18.1 Å². The normalized spacial score (nSPS) is 13.7. The fraction of sp³-hybridized carbons (Fsp3) is 0.435. The lowest BCUT2D eigenvalue weighted by atomic mass is 10.0. The average molecular weight is 537 g/mol. The van der Waals surface area contributed by atoms with Crippen LogP contribution >= 0.6 is 0 Å². The number of carbonyl (C=O) groups is 7. The fourth-order valence-electron chi connectivity index (χ4n) is 3.27. The summed E-state index contributed by atoms with van der Waals surface area (Å²) in [5.74, 6) is -7.13. The van der Waals surface area contributed by atoms with E-state index in [1.54, 1.807) is 30.3 Å². The van der Waals surface area contributed by atoms with Gasteiger partial charge >= 0.3 is 11.9 Å². The topological polar surface area (TPSA) is 274 Å². The van der Waals surface area contributed by atoms with Gasteiger partial charge in [0.15, 0.2) is 0 Å². The minimum absolute atomic E-state index is 0.0959. The number of hydrogen-bond donors (Lipinski definition) is 8. The fourth-order valence-corrected chi connectivity index (χ4v) is 3.27. The molecule has 0 saturated carbocycles. The number of benzene rings is 1. The summed E-state index contributed by atoms with van der Waals surface area (Å²) >= 11 is 0. The van der Waals surface area contributed by atoms with Gasteiger partial charge in [-0.05, 0) is 18.4 Å². The highest BCUT2D eigenvalue weighted by Crippen LogP contribution is 2.07. The van der Waals surface area contributed by atoms with Crippen LogP contribution in [0.1, 0.15) is 37.7 Å². The monoisotopic (exact) mass is 536 g/mol. The van der Waals surface area contributed by atoms with Gasteiger partial charge in [0.2, 0.25) is 29.5 Å². The van der Waals surface area contributed by atoms with E-state index in [0.29, 0.717) is 5.56 Å². The minimum Gasteiger partial charge on any atom is -0.481 e. The summed E-state index contributed by atoms with van der Waals surface area (Å²) in [5.41, 5.74) is 16.4. The Hall–Kier alpha value is -4.53. The van der Waals surface area contributed by atoms with Crippen molar-refractivity contribution in [2.75, 3.05) is 0 Å². The second-order valence-corrected chi connectivity index (χ2v) is 8.43. The van der Waals surface area contributed by atoms with E-state index in [-0.39, 0.29) is 19.3 Å². The van der Waals surface area contributed by atoms with Gasteiger partial charge < -0.3 is 43.4 Å². The lowest BCUT2D eigenvalue weighted by Gasteiger charge is -2.25. The van der Waals surface area contributed by atoms with E-state index in [1.165, 1.54) is 0 Å². The van der Waals surface area contributed by atoms with Gasteiger partial charge in [-0.15, -0.1) is 0 Å². The van der Waals surface area contributed by atoms with Gasteiger partial charge in [0.05, 0.1) is 12.5 Å². The lowest BCUT2D eigenvalue weighted by Crippen LogP contribution is -2.58. The Morgan fingerprint density at radius 2 is 1.24 bits per heavy atom. The first-order valence-electron chi connectivity index (χ1n) is 11.5. The molecule has 208 valence electrons. The molecule has 0 aromatic heterocycles. The zero-order chi connectivity index (χ0) is 28.8. The van der Waals surface area contributed by atoms with E-state index in [0.717, 1.165) is 0 Å². The molecule has 5 amide bonds. The summed E-state index contributed by atoms with van der Waals surface area (Å²) in [4.78, 5) is 83.2. The molecule has 0 spiro atoms. The van der Waals surface area contributed by atoms with E-state index < -0.39 is 84.9 Å². The Balaban J connectivity index is 3.15. The van der Waals surface area contributed by atoms with Crippen LogP contribution in [-0.2, 0) is 40.0 Å². The molecule has 4 atom stereocenters. The van der Waals surface area contributed by atoms with E-state index in [4.69, 9.17) is 22.3 Å². The van der Waals surface area contributed by atoms with Crippen LogP contribution in [0.5, 0.6) is 0 Å². The second-order valence-electron chi connectivity index (χ2n) is 8.43. The molecule has 0 bridgehead atoms. The Labute approximate surface area is 217 Å². The zero-order valence-corrected chi connectivity index (χ0v) is 20.4. The van der Waals surface area contributed by atoms with Crippen molar-refractivity contribution in [3.63, 3.8) is 0 Å². The molecule has 4 unspecified atom stereocenters. The maximum atomic E-state index is 13.1. The van der Waals surface area contributed by atoms with Crippen molar-refractivity contribution in [1.29, 1.82) is 0 Å². The largest absolute Gasteiger partial charge is 0.481 e. The summed E-state index contributed by atoms with van der Waals surface area (Å²) in [6.07, 6.45) is -2.14. The Morgan fingerprint density at radius 1 is 0.711 bits per heavy atom. The number of amides is 5. The first-order chi connectivity index (χ1) is 17.8. The molecule has 38 heavy (non-hydrogen) atoms. The second kappa shape index (κ2) is 15.6. The third-order valence-electron chi connectivity index (χ3n) is 5.25. The van der Waals surface area contributed by atoms with Crippen LogP contribution in [-0.4, -0.2) is 75.9 Å². The zero-order valence-electron chi connectivity index (χ0n) is 20.4. The molecule has 15 heteroatoms. The minimum atomic E-state index is -1.55. The quantitative estimate of drug-likeness (QED) is 0.100. The van der Waals surface area contributed by atoms with E-state index in [9.17, 15) is 38.7 Å². The van der Waals surface area contributed by atoms with E-state index >= 15 is 0 Å². The summed E-state index contributed by atoms with van der Waals surface area (Å²) in [6, 6.07) is 2.68. The van der Waals surface area contributed by atoms with Crippen LogP contribution in [0.2, 0.25) is 0 Å². The first-order valence-corrected chi connectivity index (χ1v) is 11.5. The first kappa shape index (κ1) is 31.5. The van der Waals surface area contributed by atoms with Crippen molar-refractivity contribution in [3.8, 4) is 0 Å². The number of primary amides is 2. The van der Waals surface area contributed by atoms with Crippen LogP contribution in [0.4, 0.5) is 0 Å². The third-order valence-corrected chi connectivity index (χ3v) is 5.25. The summed E-state index contributed by atoms with van der Waals surface area (Å²) in [6.45, 7) is 0. The number of hydrogen-bond acceptors (Lipinski definition) is 8. The molecule has 0 aliphatic heterocycles. The van der Waals surface area contributed by atoms with E-state index in [1.807, 2.05) is 0 Å². The number of carboxylic acids is 2. The highest BCUT2D eigenvalue weighted by Gasteiger charge is 2.31. The van der Waals surface area contributed by atoms with Crippen molar-refractivity contribution in [2.45, 2.75) is 62.7 Å². The Bertz CT molecular complexity index is 1030. The number of nitrogens with two attached hydrogens (primary N) is 3. The number of nitrogens with one attached hydrogen (secondary N) is 3. The molecule has 0 aliphatic rings. The number of aliphatic carboxylic acids is 2. The predicted octanol–water partition coefficient (Wildman–Crippen LogP) is -2.90. The summed E-state index contributed by atoms with van der Waals surface area (Å²) in [7, 11) is 0. The number of carboxylic acid groups (broad SMARTS) is 2. The van der Waals surface area contributed by atoms with Crippen LogP contribution in [0.15, 0.2) is 30.3 Å². The van der Waals surface area contributed by atoms with Gasteiger partial charge in [-0.25, -0.2) is 4.79 Å². The standard InChI is InChI=1S/C23H32N6O9/c24-13(11-18(26)31)20(34)27-14(6-8-17(25)30)21(35)29-16(10-12-4-2-1-3-5-12)22(36)28-15(23(37)38)7-9-19(32)33/h1-5,13-16H,6-11,24H2,(H2,25,30)(H2,26,31)(H,27,34)(H,28,36)(H,29,35)(H,32,33)(H,37,38). The van der Waals surface area contributed by atoms with Gasteiger partial charge in [0.25, 0.3) is 0 Å². The highest BCUT2D eigenvalue weighted by molar-refractivity contribution is 5.95. The van der Waals surface area contributed by atoms with Crippen molar-refractivity contribution in [1.82, 2.24) is 16.0 Å². The average Bonchev–Trinajstić information content (AvgIpc) is 2.83. The SMILES string of the molecule is NC(=O)CCC(NC(=O)C(N)CC(N)=O)C(=O)NC(Cc1ccccc1)C(=O)NC(CCC(=O)O)C(=O)O. The molecule has 0 radical (unpaired) electrons. The van der Waals surface area contributed by atoms with E-state index in [2.05, 4.69) is 16.0 Å². The van der Waals surface area contributed by atoms with Crippen LogP contribution in [0.25, 0.3) is 0 Å². The molecule has 0 fully saturated rings. The van der Waals surface area contributed by atoms with Crippen molar-refractivity contribution in [2.24, 2.45) is 17.2 Å². The molecular formula is C23H32N6O9. The van der Waals surface area contributed by atoms with Gasteiger partial charge in [-0.2, -0.15) is 0 Å². The Kier molecular flexibility index (Phi) is 12.9. The third kappa shape index (κ3) is 11.9. The molecule has 0 heterocycles. The predicted molar refractivity (Wildman–Crippen MR) is 131 cm³/mol. The molecule has 1 rings (SSSR count). The molecule has 1 aromatic rings. The maximum Gasteiger partial charge on any atom is 0.326 e. The lowest BCUT2D eigenvalue weighted by molar-refractivity contribution is -0.143. The van der Waals surface area contributed by atoms with Crippen molar-refractivity contribution in [3.05, 3.63) is 35.9 Å². The number of carbonyl (C=O) groups excluding carboxylic acids is 5. The molecule has 11 N–H and O–H groups in total. The molecule has 1 aromatic carbocycles. The van der Waals surface area contributed by atoms with Crippen LogP contribution in [0, 0.1) is 0 Å². The Morgan fingerprint density at radius 3 is 1.76 bits per heavy atom. The van der Waals surface area contributed by atoms with Gasteiger partial charge in [-0.1, -0.05) is 30.3 Å². The highest BCUT2D eigenvalue weighted by atomic mass is 16.4. The number of rotatable bonds is 17. The van der Waals surface area contributed by atoms with Crippen LogP contribution in [0.3, 0.4) is 0 Å². The van der Waals surface area contributed by atoms with Gasteiger partial charge in [-0.3, -0.25) is 28.8 Å². The van der Waals surface area contributed by atoms with Crippen molar-refractivity contribution >= 4 is 41.5 Å². The smallest absolute Gasteiger partial charge is 0.326 e. The molecule has 15 nitrogen and oxygen atoms in total. The maximum absolute atomic E-state index is 13.1. The summed E-state index contributed by atoms with van der Waals surface area (Å²) in [5, 5.41) is 25.2.